The Morgan fingerprint density at radius 3 is 2.71 bits per heavy atom. The van der Waals surface area contributed by atoms with Crippen molar-refractivity contribution in [2.45, 2.75) is 39.2 Å². The molecule has 0 aliphatic heterocycles. The second kappa shape index (κ2) is 6.59. The highest BCUT2D eigenvalue weighted by molar-refractivity contribution is 9.10. The van der Waals surface area contributed by atoms with Crippen molar-refractivity contribution >= 4 is 27.3 Å². The first-order chi connectivity index (χ1) is 6.79. The van der Waals surface area contributed by atoms with Gasteiger partial charge in [-0.3, -0.25) is 0 Å². The molecule has 0 radical (unpaired) electrons. The van der Waals surface area contributed by atoms with Gasteiger partial charge >= 0.3 is 0 Å². The van der Waals surface area contributed by atoms with Crippen molar-refractivity contribution in [2.24, 2.45) is 0 Å². The van der Waals surface area contributed by atoms with Crippen LogP contribution in [0, 0.1) is 0 Å². The van der Waals surface area contributed by atoms with Crippen LogP contribution in [0.4, 0.5) is 0 Å². The summed E-state index contributed by atoms with van der Waals surface area (Å²) in [5.41, 5.74) is 1.42. The van der Waals surface area contributed by atoms with Crippen LogP contribution in [-0.2, 0) is 0 Å². The summed E-state index contributed by atoms with van der Waals surface area (Å²) in [6.07, 6.45) is 3.79. The molecule has 0 aromatic carbocycles. The Hall–Kier alpha value is 0.140. The summed E-state index contributed by atoms with van der Waals surface area (Å²) in [4.78, 5) is 0. The van der Waals surface area contributed by atoms with Gasteiger partial charge in [0.15, 0.2) is 0 Å². The Balaban J connectivity index is 2.62. The Morgan fingerprint density at radius 1 is 1.43 bits per heavy atom. The first-order valence-electron chi connectivity index (χ1n) is 5.24. The summed E-state index contributed by atoms with van der Waals surface area (Å²) in [5, 5.41) is 7.94. The molecular formula is C11H18BrNS. The molecule has 0 amide bonds. The van der Waals surface area contributed by atoms with Gasteiger partial charge in [-0.15, -0.1) is 0 Å². The zero-order valence-corrected chi connectivity index (χ0v) is 11.2. The van der Waals surface area contributed by atoms with Crippen molar-refractivity contribution < 1.29 is 0 Å². The molecule has 1 heterocycles. The fraction of sp³-hybridized carbons (Fsp3) is 0.636. The molecular weight excluding hydrogens is 258 g/mol. The third-order valence-electron chi connectivity index (χ3n) is 2.31. The van der Waals surface area contributed by atoms with Gasteiger partial charge in [-0.05, 0) is 39.8 Å². The van der Waals surface area contributed by atoms with Crippen LogP contribution in [0.1, 0.15) is 44.7 Å². The van der Waals surface area contributed by atoms with E-state index in [1.54, 1.807) is 11.3 Å². The normalized spacial score (nSPS) is 13.1. The Morgan fingerprint density at radius 2 is 2.21 bits per heavy atom. The number of halogens is 1. The average molecular weight is 276 g/mol. The zero-order chi connectivity index (χ0) is 10.4. The summed E-state index contributed by atoms with van der Waals surface area (Å²) in [5.74, 6) is 0. The molecule has 0 saturated heterocycles. The minimum atomic E-state index is 0.528. The van der Waals surface area contributed by atoms with Crippen LogP contribution in [0.25, 0.3) is 0 Å². The number of hydrogen-bond donors (Lipinski definition) is 1. The zero-order valence-electron chi connectivity index (χ0n) is 8.85. The molecule has 1 nitrogen and oxygen atoms in total. The van der Waals surface area contributed by atoms with Gasteiger partial charge in [-0.2, -0.15) is 11.3 Å². The van der Waals surface area contributed by atoms with Gasteiger partial charge in [0.25, 0.3) is 0 Å². The molecule has 14 heavy (non-hydrogen) atoms. The maximum Gasteiger partial charge on any atom is 0.0339 e. The topological polar surface area (TPSA) is 12.0 Å². The van der Waals surface area contributed by atoms with Gasteiger partial charge in [0, 0.05) is 15.9 Å². The van der Waals surface area contributed by atoms with E-state index < -0.39 is 0 Å². The van der Waals surface area contributed by atoms with Crippen LogP contribution in [0.5, 0.6) is 0 Å². The lowest BCUT2D eigenvalue weighted by Gasteiger charge is -2.17. The highest BCUT2D eigenvalue weighted by Crippen LogP contribution is 2.30. The molecule has 0 spiro atoms. The van der Waals surface area contributed by atoms with E-state index >= 15 is 0 Å². The number of unbranched alkanes of at least 4 members (excludes halogenated alkanes) is 1. The van der Waals surface area contributed by atoms with E-state index in [4.69, 9.17) is 0 Å². The van der Waals surface area contributed by atoms with Gasteiger partial charge in [-0.25, -0.2) is 0 Å². The molecule has 1 atom stereocenters. The van der Waals surface area contributed by atoms with Gasteiger partial charge in [-0.1, -0.05) is 26.7 Å². The molecule has 3 heteroatoms. The number of rotatable bonds is 6. The molecule has 0 aliphatic rings. The van der Waals surface area contributed by atoms with Crippen molar-refractivity contribution in [1.29, 1.82) is 0 Å². The first kappa shape index (κ1) is 12.2. The predicted octanol–water partition coefficient (Wildman–Crippen LogP) is 4.35. The largest absolute Gasteiger partial charge is 0.310 e. The van der Waals surface area contributed by atoms with Crippen LogP contribution >= 0.6 is 27.3 Å². The summed E-state index contributed by atoms with van der Waals surface area (Å²) >= 11 is 5.37. The SMILES string of the molecule is CCCCC(NCC)c1cscc1Br. The van der Waals surface area contributed by atoms with Gasteiger partial charge in [0.05, 0.1) is 0 Å². The van der Waals surface area contributed by atoms with Crippen molar-refractivity contribution in [2.75, 3.05) is 6.54 Å². The molecule has 0 saturated carbocycles. The molecule has 1 N–H and O–H groups in total. The van der Waals surface area contributed by atoms with E-state index in [0.717, 1.165) is 6.54 Å². The Bertz CT molecular complexity index is 260. The van der Waals surface area contributed by atoms with E-state index in [1.165, 1.54) is 29.3 Å². The minimum absolute atomic E-state index is 0.528. The van der Waals surface area contributed by atoms with E-state index in [9.17, 15) is 0 Å². The Labute approximate surface area is 99.0 Å². The van der Waals surface area contributed by atoms with E-state index in [-0.39, 0.29) is 0 Å². The highest BCUT2D eigenvalue weighted by atomic mass is 79.9. The highest BCUT2D eigenvalue weighted by Gasteiger charge is 2.13. The van der Waals surface area contributed by atoms with Crippen LogP contribution in [0.15, 0.2) is 15.2 Å². The first-order valence-corrected chi connectivity index (χ1v) is 6.98. The lowest BCUT2D eigenvalue weighted by Crippen LogP contribution is -2.20. The van der Waals surface area contributed by atoms with E-state index in [0.29, 0.717) is 6.04 Å². The smallest absolute Gasteiger partial charge is 0.0339 e. The van der Waals surface area contributed by atoms with Crippen molar-refractivity contribution in [1.82, 2.24) is 5.32 Å². The molecule has 1 unspecified atom stereocenters. The fourth-order valence-electron chi connectivity index (χ4n) is 1.56. The van der Waals surface area contributed by atoms with Gasteiger partial charge in [0.2, 0.25) is 0 Å². The molecule has 1 aromatic rings. The van der Waals surface area contributed by atoms with Crippen molar-refractivity contribution in [3.05, 3.63) is 20.8 Å². The number of nitrogens with one attached hydrogen (secondary N) is 1. The Kier molecular flexibility index (Phi) is 5.75. The summed E-state index contributed by atoms with van der Waals surface area (Å²) in [6, 6.07) is 0.528. The maximum absolute atomic E-state index is 3.60. The van der Waals surface area contributed by atoms with Gasteiger partial charge < -0.3 is 5.32 Å². The molecule has 0 bridgehead atoms. The standard InChI is InChI=1S/C11H18BrNS/c1-3-5-6-11(13-4-2)9-7-14-8-10(9)12/h7-8,11,13H,3-6H2,1-2H3. The molecule has 0 aliphatic carbocycles. The fourth-order valence-corrected chi connectivity index (χ4v) is 3.19. The van der Waals surface area contributed by atoms with Gasteiger partial charge in [0.1, 0.15) is 0 Å². The molecule has 80 valence electrons. The van der Waals surface area contributed by atoms with Crippen LogP contribution in [0.3, 0.4) is 0 Å². The summed E-state index contributed by atoms with van der Waals surface area (Å²) in [7, 11) is 0. The molecule has 1 aromatic heterocycles. The van der Waals surface area contributed by atoms with E-state index in [2.05, 4.69) is 45.9 Å². The molecule has 0 fully saturated rings. The van der Waals surface area contributed by atoms with E-state index in [1.807, 2.05) is 0 Å². The number of thiophene rings is 1. The quantitative estimate of drug-likeness (QED) is 0.814. The van der Waals surface area contributed by atoms with Crippen LogP contribution < -0.4 is 5.32 Å². The lowest BCUT2D eigenvalue weighted by molar-refractivity contribution is 0.494. The van der Waals surface area contributed by atoms with Crippen molar-refractivity contribution in [3.63, 3.8) is 0 Å². The summed E-state index contributed by atoms with van der Waals surface area (Å²) < 4.78 is 1.25. The van der Waals surface area contributed by atoms with Crippen LogP contribution in [-0.4, -0.2) is 6.54 Å². The third-order valence-corrected chi connectivity index (χ3v) is 4.07. The maximum atomic E-state index is 3.60. The third kappa shape index (κ3) is 3.37. The minimum Gasteiger partial charge on any atom is -0.310 e. The second-order valence-corrected chi connectivity index (χ2v) is 5.03. The number of hydrogen-bond acceptors (Lipinski definition) is 2. The van der Waals surface area contributed by atoms with Crippen molar-refractivity contribution in [3.8, 4) is 0 Å². The van der Waals surface area contributed by atoms with Crippen LogP contribution in [0.2, 0.25) is 0 Å². The average Bonchev–Trinajstić information content (AvgIpc) is 2.59. The monoisotopic (exact) mass is 275 g/mol. The predicted molar refractivity (Wildman–Crippen MR) is 68.0 cm³/mol. The summed E-state index contributed by atoms with van der Waals surface area (Å²) in [6.45, 7) is 5.45. The second-order valence-electron chi connectivity index (χ2n) is 3.43. The molecule has 1 rings (SSSR count). The lowest BCUT2D eigenvalue weighted by atomic mass is 10.0.